The summed E-state index contributed by atoms with van der Waals surface area (Å²) in [4.78, 5) is 20.4. The van der Waals surface area contributed by atoms with Gasteiger partial charge in [-0.15, -0.1) is 12.4 Å². The first-order valence-corrected chi connectivity index (χ1v) is 9.20. The van der Waals surface area contributed by atoms with Crippen LogP contribution in [0.25, 0.3) is 11.3 Å². The van der Waals surface area contributed by atoms with Crippen LogP contribution in [0.1, 0.15) is 23.3 Å². The number of anilines is 1. The number of ether oxygens (including phenoxy) is 1. The minimum Gasteiger partial charge on any atom is -0.491 e. The number of amides is 1. The van der Waals surface area contributed by atoms with E-state index < -0.39 is 34.6 Å². The fourth-order valence-electron chi connectivity index (χ4n) is 2.68. The lowest BCUT2D eigenvalue weighted by Crippen LogP contribution is -2.16. The van der Waals surface area contributed by atoms with Crippen LogP contribution in [0.5, 0.6) is 5.75 Å². The maximum Gasteiger partial charge on any atom is 0.274 e. The van der Waals surface area contributed by atoms with E-state index in [-0.39, 0.29) is 23.8 Å². The predicted octanol–water partition coefficient (Wildman–Crippen LogP) is 4.35. The van der Waals surface area contributed by atoms with Crippen LogP contribution >= 0.6 is 12.4 Å². The second kappa shape index (κ2) is 11.3. The predicted molar refractivity (Wildman–Crippen MR) is 113 cm³/mol. The molecular weight excluding hydrogens is 433 g/mol. The largest absolute Gasteiger partial charge is 0.491 e. The quantitative estimate of drug-likeness (QED) is 0.496. The zero-order valence-corrected chi connectivity index (χ0v) is 17.1. The summed E-state index contributed by atoms with van der Waals surface area (Å²) in [6.07, 6.45) is 4.42. The number of hydrogen-bond donors (Lipinski definition) is 2. The Morgan fingerprint density at radius 2 is 1.77 bits per heavy atom. The lowest BCUT2D eigenvalue weighted by molar-refractivity contribution is 0.102. The van der Waals surface area contributed by atoms with Crippen LogP contribution in [-0.4, -0.2) is 29.0 Å². The molecule has 31 heavy (non-hydrogen) atoms. The summed E-state index contributed by atoms with van der Waals surface area (Å²) in [5.74, 6) is -3.26. The normalized spacial score (nSPS) is 10.3. The summed E-state index contributed by atoms with van der Waals surface area (Å²) in [6.45, 7) is 0.945. The van der Waals surface area contributed by atoms with Gasteiger partial charge in [-0.05, 0) is 43.7 Å². The Labute approximate surface area is 183 Å². The highest BCUT2D eigenvalue weighted by Crippen LogP contribution is 2.28. The maximum absolute atomic E-state index is 14.2. The van der Waals surface area contributed by atoms with Gasteiger partial charge in [0, 0.05) is 12.3 Å². The van der Waals surface area contributed by atoms with Gasteiger partial charge in [0.05, 0.1) is 18.4 Å². The van der Waals surface area contributed by atoms with Crippen molar-refractivity contribution >= 4 is 24.0 Å². The van der Waals surface area contributed by atoms with Crippen molar-refractivity contribution < 1.29 is 22.7 Å². The third-order valence-corrected chi connectivity index (χ3v) is 4.16. The standard InChI is InChI=1S/C21H19F3N4O2.ClH/c22-13-4-3-5-14(23)19(13)20-15(24)6-7-16(27-20)21(29)28-17-12-26-10-8-18(17)30-11-2-1-9-25;/h3-8,10,12H,1-2,9,11,25H2,(H,28,29);1H. The molecule has 0 atom stereocenters. The number of unbranched alkanes of at least 4 members (excludes halogenated alkanes) is 1. The average molecular weight is 453 g/mol. The van der Waals surface area contributed by atoms with Crippen LogP contribution in [-0.2, 0) is 0 Å². The van der Waals surface area contributed by atoms with E-state index in [1.54, 1.807) is 6.07 Å². The zero-order valence-electron chi connectivity index (χ0n) is 16.3. The lowest BCUT2D eigenvalue weighted by atomic mass is 10.1. The minimum absolute atomic E-state index is 0. The van der Waals surface area contributed by atoms with E-state index in [2.05, 4.69) is 15.3 Å². The van der Waals surface area contributed by atoms with Crippen LogP contribution < -0.4 is 15.8 Å². The summed E-state index contributed by atoms with van der Waals surface area (Å²) >= 11 is 0. The number of rotatable bonds is 8. The molecule has 3 aromatic rings. The molecule has 0 aliphatic rings. The molecular formula is C21H20ClF3N4O2. The van der Waals surface area contributed by atoms with Gasteiger partial charge in [0.25, 0.3) is 5.91 Å². The summed E-state index contributed by atoms with van der Waals surface area (Å²) in [6, 6.07) is 6.74. The van der Waals surface area contributed by atoms with Gasteiger partial charge in [-0.25, -0.2) is 18.2 Å². The third kappa shape index (κ3) is 5.93. The molecule has 0 spiro atoms. The molecule has 3 N–H and O–H groups in total. The van der Waals surface area contributed by atoms with E-state index in [1.165, 1.54) is 12.4 Å². The topological polar surface area (TPSA) is 90.1 Å². The summed E-state index contributed by atoms with van der Waals surface area (Å²) in [5, 5.41) is 2.57. The number of pyridine rings is 2. The summed E-state index contributed by atoms with van der Waals surface area (Å²) < 4.78 is 47.9. The molecule has 0 radical (unpaired) electrons. The van der Waals surface area contributed by atoms with E-state index in [4.69, 9.17) is 10.5 Å². The van der Waals surface area contributed by atoms with E-state index in [0.29, 0.717) is 18.9 Å². The fourth-order valence-corrected chi connectivity index (χ4v) is 2.68. The number of nitrogens with one attached hydrogen (secondary N) is 1. The van der Waals surface area contributed by atoms with E-state index >= 15 is 0 Å². The summed E-state index contributed by atoms with van der Waals surface area (Å²) in [5.41, 5.74) is 4.26. The van der Waals surface area contributed by atoms with Crippen molar-refractivity contribution in [1.82, 2.24) is 9.97 Å². The van der Waals surface area contributed by atoms with Crippen LogP contribution in [0.2, 0.25) is 0 Å². The molecule has 0 bridgehead atoms. The van der Waals surface area contributed by atoms with Crippen molar-refractivity contribution in [3.05, 3.63) is 71.9 Å². The number of halogens is 4. The molecule has 3 rings (SSSR count). The molecule has 0 saturated heterocycles. The Balaban J connectivity index is 0.00000341. The molecule has 1 amide bonds. The van der Waals surface area contributed by atoms with Crippen LogP contribution in [0.4, 0.5) is 18.9 Å². The van der Waals surface area contributed by atoms with Crippen molar-refractivity contribution in [3.8, 4) is 17.0 Å². The van der Waals surface area contributed by atoms with Crippen molar-refractivity contribution in [2.45, 2.75) is 12.8 Å². The Morgan fingerprint density at radius 3 is 2.48 bits per heavy atom. The number of benzene rings is 1. The van der Waals surface area contributed by atoms with Gasteiger partial charge < -0.3 is 15.8 Å². The molecule has 0 aliphatic heterocycles. The average Bonchev–Trinajstić information content (AvgIpc) is 2.73. The highest BCUT2D eigenvalue weighted by molar-refractivity contribution is 6.03. The SMILES string of the molecule is Cl.NCCCCOc1ccncc1NC(=O)c1ccc(F)c(-c2c(F)cccc2F)n1. The van der Waals surface area contributed by atoms with Crippen LogP contribution in [0, 0.1) is 17.5 Å². The van der Waals surface area contributed by atoms with Gasteiger partial charge in [-0.2, -0.15) is 0 Å². The molecule has 0 aliphatic carbocycles. The molecule has 0 saturated carbocycles. The highest BCUT2D eigenvalue weighted by atomic mass is 35.5. The molecule has 0 unspecified atom stereocenters. The summed E-state index contributed by atoms with van der Waals surface area (Å²) in [7, 11) is 0. The van der Waals surface area contributed by atoms with E-state index in [1.807, 2.05) is 0 Å². The molecule has 10 heteroatoms. The smallest absolute Gasteiger partial charge is 0.274 e. The molecule has 0 fully saturated rings. The monoisotopic (exact) mass is 452 g/mol. The molecule has 1 aromatic carbocycles. The Hall–Kier alpha value is -3.17. The molecule has 164 valence electrons. The van der Waals surface area contributed by atoms with E-state index in [0.717, 1.165) is 43.2 Å². The first-order chi connectivity index (χ1) is 14.5. The second-order valence-corrected chi connectivity index (χ2v) is 6.29. The van der Waals surface area contributed by atoms with Gasteiger partial charge in [0.2, 0.25) is 0 Å². The van der Waals surface area contributed by atoms with Crippen molar-refractivity contribution in [3.63, 3.8) is 0 Å². The molecule has 6 nitrogen and oxygen atoms in total. The van der Waals surface area contributed by atoms with E-state index in [9.17, 15) is 18.0 Å². The van der Waals surface area contributed by atoms with Gasteiger partial charge in [-0.1, -0.05) is 6.07 Å². The van der Waals surface area contributed by atoms with Gasteiger partial charge in [-0.3, -0.25) is 9.78 Å². The lowest BCUT2D eigenvalue weighted by Gasteiger charge is -2.12. The molecule has 2 heterocycles. The second-order valence-electron chi connectivity index (χ2n) is 6.29. The highest BCUT2D eigenvalue weighted by Gasteiger charge is 2.20. The van der Waals surface area contributed by atoms with Crippen LogP contribution in [0.15, 0.2) is 48.8 Å². The molecule has 2 aromatic heterocycles. The number of carbonyl (C=O) groups is 1. The number of hydrogen-bond acceptors (Lipinski definition) is 5. The number of nitrogens with zero attached hydrogens (tertiary/aromatic N) is 2. The van der Waals surface area contributed by atoms with Crippen LogP contribution in [0.3, 0.4) is 0 Å². The third-order valence-electron chi connectivity index (χ3n) is 4.16. The zero-order chi connectivity index (χ0) is 21.5. The Kier molecular flexibility index (Phi) is 8.77. The minimum atomic E-state index is -0.987. The number of nitrogens with two attached hydrogens (primary N) is 1. The fraction of sp³-hybridized carbons (Fsp3) is 0.190. The first-order valence-electron chi connectivity index (χ1n) is 9.20. The van der Waals surface area contributed by atoms with Crippen molar-refractivity contribution in [1.29, 1.82) is 0 Å². The maximum atomic E-state index is 14.2. The Morgan fingerprint density at radius 1 is 1.03 bits per heavy atom. The van der Waals surface area contributed by atoms with Crippen molar-refractivity contribution in [2.75, 3.05) is 18.5 Å². The van der Waals surface area contributed by atoms with Gasteiger partial charge in [0.1, 0.15) is 40.3 Å². The van der Waals surface area contributed by atoms with Gasteiger partial charge >= 0.3 is 0 Å². The van der Waals surface area contributed by atoms with Crippen molar-refractivity contribution in [2.24, 2.45) is 5.73 Å². The Bertz CT molecular complexity index is 1030. The number of aromatic nitrogens is 2. The number of carbonyl (C=O) groups excluding carboxylic acids is 1. The van der Waals surface area contributed by atoms with Gasteiger partial charge in [0.15, 0.2) is 0 Å². The first kappa shape index (κ1) is 24.1.